The highest BCUT2D eigenvalue weighted by molar-refractivity contribution is 5.97. The Kier molecular flexibility index (Phi) is 4.05. The third-order valence-electron chi connectivity index (χ3n) is 2.79. The highest BCUT2D eigenvalue weighted by Crippen LogP contribution is 2.25. The highest BCUT2D eigenvalue weighted by atomic mass is 16.6. The van der Waals surface area contributed by atoms with Gasteiger partial charge in [0.2, 0.25) is 0 Å². The number of hydrogen-bond donors (Lipinski definition) is 0. The van der Waals surface area contributed by atoms with Crippen molar-refractivity contribution in [2.24, 2.45) is 4.99 Å². The standard InChI is InChI=1S/C14H12N2O4/c1-20-14(17)13(16(18)19)9-15-12-8-4-6-10-5-2-3-7-11(10)12/h2-9,13H,1H3. The Balaban J connectivity index is 2.38. The average Bonchev–Trinajstić information content (AvgIpc) is 2.47. The van der Waals surface area contributed by atoms with Crippen LogP contribution in [-0.4, -0.2) is 30.3 Å². The number of nitrogens with zero attached hydrogens (tertiary/aromatic N) is 2. The van der Waals surface area contributed by atoms with Crippen LogP contribution >= 0.6 is 0 Å². The number of fused-ring (bicyclic) bond motifs is 1. The summed E-state index contributed by atoms with van der Waals surface area (Å²) in [6.45, 7) is 0. The number of carbonyl (C=O) groups is 1. The molecule has 0 aromatic heterocycles. The van der Waals surface area contributed by atoms with Crippen LogP contribution in [0.5, 0.6) is 0 Å². The molecule has 0 heterocycles. The maximum absolute atomic E-state index is 11.3. The molecular weight excluding hydrogens is 260 g/mol. The number of ether oxygens (including phenoxy) is 1. The second-order valence-electron chi connectivity index (χ2n) is 4.03. The molecule has 0 N–H and O–H groups in total. The van der Waals surface area contributed by atoms with E-state index < -0.39 is 16.9 Å². The zero-order valence-electron chi connectivity index (χ0n) is 10.7. The zero-order chi connectivity index (χ0) is 14.5. The quantitative estimate of drug-likeness (QED) is 0.370. The minimum Gasteiger partial charge on any atom is -0.464 e. The molecule has 2 aromatic carbocycles. The maximum Gasteiger partial charge on any atom is 0.387 e. The molecule has 20 heavy (non-hydrogen) atoms. The van der Waals surface area contributed by atoms with Crippen LogP contribution in [0.15, 0.2) is 47.5 Å². The molecule has 1 atom stereocenters. The van der Waals surface area contributed by atoms with Gasteiger partial charge >= 0.3 is 12.0 Å². The van der Waals surface area contributed by atoms with E-state index in [1.807, 2.05) is 30.3 Å². The van der Waals surface area contributed by atoms with Crippen molar-refractivity contribution in [1.82, 2.24) is 0 Å². The van der Waals surface area contributed by atoms with Crippen LogP contribution < -0.4 is 0 Å². The van der Waals surface area contributed by atoms with Gasteiger partial charge < -0.3 is 4.74 Å². The van der Waals surface area contributed by atoms with Crippen molar-refractivity contribution in [3.8, 4) is 0 Å². The van der Waals surface area contributed by atoms with Gasteiger partial charge in [-0.2, -0.15) is 0 Å². The van der Waals surface area contributed by atoms with Crippen molar-refractivity contribution >= 4 is 28.6 Å². The van der Waals surface area contributed by atoms with Gasteiger partial charge in [0.1, 0.15) is 0 Å². The maximum atomic E-state index is 11.3. The number of aliphatic imine (C=N–C) groups is 1. The molecule has 0 aliphatic heterocycles. The van der Waals surface area contributed by atoms with Gasteiger partial charge in [-0.1, -0.05) is 36.4 Å². The van der Waals surface area contributed by atoms with Crippen molar-refractivity contribution < 1.29 is 14.5 Å². The molecule has 0 saturated heterocycles. The van der Waals surface area contributed by atoms with E-state index in [1.165, 1.54) is 0 Å². The number of rotatable bonds is 4. The largest absolute Gasteiger partial charge is 0.464 e. The Hall–Kier alpha value is -2.76. The predicted octanol–water partition coefficient (Wildman–Crippen LogP) is 2.36. The molecule has 0 bridgehead atoms. The van der Waals surface area contributed by atoms with Gasteiger partial charge in [-0.25, -0.2) is 4.79 Å². The van der Waals surface area contributed by atoms with Gasteiger partial charge in [0.05, 0.1) is 19.0 Å². The van der Waals surface area contributed by atoms with E-state index >= 15 is 0 Å². The lowest BCUT2D eigenvalue weighted by atomic mass is 10.1. The molecular formula is C14H12N2O4. The van der Waals surface area contributed by atoms with E-state index in [9.17, 15) is 14.9 Å². The van der Waals surface area contributed by atoms with Crippen LogP contribution in [-0.2, 0) is 9.53 Å². The van der Waals surface area contributed by atoms with E-state index in [2.05, 4.69) is 9.73 Å². The molecule has 0 aliphatic rings. The molecule has 6 heteroatoms. The molecule has 1 unspecified atom stereocenters. The molecule has 0 aliphatic carbocycles. The summed E-state index contributed by atoms with van der Waals surface area (Å²) in [5, 5.41) is 12.6. The summed E-state index contributed by atoms with van der Waals surface area (Å²) in [7, 11) is 1.10. The van der Waals surface area contributed by atoms with Crippen LogP contribution in [0.4, 0.5) is 5.69 Å². The molecule has 2 aromatic rings. The van der Waals surface area contributed by atoms with E-state index in [1.54, 1.807) is 12.1 Å². The van der Waals surface area contributed by atoms with Crippen LogP contribution in [0.3, 0.4) is 0 Å². The number of benzene rings is 2. The molecule has 0 fully saturated rings. The third-order valence-corrected chi connectivity index (χ3v) is 2.79. The predicted molar refractivity (Wildman–Crippen MR) is 74.9 cm³/mol. The average molecular weight is 272 g/mol. The summed E-state index contributed by atoms with van der Waals surface area (Å²) in [4.78, 5) is 25.4. The first-order valence-electron chi connectivity index (χ1n) is 5.87. The smallest absolute Gasteiger partial charge is 0.387 e. The SMILES string of the molecule is COC(=O)C(C=Nc1cccc2ccccc12)[N+](=O)[O-]. The number of methoxy groups -OCH3 is 1. The topological polar surface area (TPSA) is 81.8 Å². The number of esters is 1. The van der Waals surface area contributed by atoms with Crippen LogP contribution in [0.25, 0.3) is 10.8 Å². The second-order valence-corrected chi connectivity index (χ2v) is 4.03. The van der Waals surface area contributed by atoms with Crippen molar-refractivity contribution in [2.45, 2.75) is 6.04 Å². The zero-order valence-corrected chi connectivity index (χ0v) is 10.7. The Labute approximate surface area is 114 Å². The summed E-state index contributed by atoms with van der Waals surface area (Å²) in [6.07, 6.45) is 0.994. The first kappa shape index (κ1) is 13.7. The minimum atomic E-state index is -1.60. The highest BCUT2D eigenvalue weighted by Gasteiger charge is 2.28. The lowest BCUT2D eigenvalue weighted by Crippen LogP contribution is -2.31. The van der Waals surface area contributed by atoms with Gasteiger partial charge in [0.25, 0.3) is 0 Å². The normalized spacial score (nSPS) is 12.4. The fourth-order valence-corrected chi connectivity index (χ4v) is 1.79. The second kappa shape index (κ2) is 5.92. The third kappa shape index (κ3) is 2.80. The monoisotopic (exact) mass is 272 g/mol. The Bertz CT molecular complexity index is 676. The van der Waals surface area contributed by atoms with Gasteiger partial charge in [0.15, 0.2) is 0 Å². The van der Waals surface area contributed by atoms with E-state index in [0.717, 1.165) is 24.1 Å². The van der Waals surface area contributed by atoms with Gasteiger partial charge in [0, 0.05) is 10.3 Å². The number of nitro groups is 1. The summed E-state index contributed by atoms with van der Waals surface area (Å²) in [6, 6.07) is 11.4. The summed E-state index contributed by atoms with van der Waals surface area (Å²) >= 11 is 0. The first-order valence-corrected chi connectivity index (χ1v) is 5.87. The lowest BCUT2D eigenvalue weighted by molar-refractivity contribution is -0.490. The van der Waals surface area contributed by atoms with Crippen molar-refractivity contribution in [2.75, 3.05) is 7.11 Å². The molecule has 102 valence electrons. The number of carbonyl (C=O) groups excluding carboxylic acids is 1. The van der Waals surface area contributed by atoms with Gasteiger partial charge in [-0.05, 0) is 11.5 Å². The number of hydrogen-bond acceptors (Lipinski definition) is 5. The molecule has 0 radical (unpaired) electrons. The van der Waals surface area contributed by atoms with E-state index in [4.69, 9.17) is 0 Å². The first-order chi connectivity index (χ1) is 9.63. The summed E-state index contributed by atoms with van der Waals surface area (Å²) in [5.41, 5.74) is 0.568. The molecule has 0 saturated carbocycles. The summed E-state index contributed by atoms with van der Waals surface area (Å²) in [5.74, 6) is -0.945. The molecule has 6 nitrogen and oxygen atoms in total. The van der Waals surface area contributed by atoms with Gasteiger partial charge in [-0.3, -0.25) is 15.1 Å². The van der Waals surface area contributed by atoms with Crippen LogP contribution in [0.2, 0.25) is 0 Å². The Morgan fingerprint density at radius 2 is 2.00 bits per heavy atom. The van der Waals surface area contributed by atoms with E-state index in [0.29, 0.717) is 5.69 Å². The Morgan fingerprint density at radius 3 is 2.70 bits per heavy atom. The van der Waals surface area contributed by atoms with Crippen molar-refractivity contribution in [3.63, 3.8) is 0 Å². The van der Waals surface area contributed by atoms with Crippen LogP contribution in [0, 0.1) is 10.1 Å². The van der Waals surface area contributed by atoms with Gasteiger partial charge in [-0.15, -0.1) is 0 Å². The fourth-order valence-electron chi connectivity index (χ4n) is 1.79. The lowest BCUT2D eigenvalue weighted by Gasteiger charge is -2.03. The minimum absolute atomic E-state index is 0.568. The molecule has 2 rings (SSSR count). The van der Waals surface area contributed by atoms with Crippen molar-refractivity contribution in [3.05, 3.63) is 52.6 Å². The van der Waals surface area contributed by atoms with Crippen LogP contribution in [0.1, 0.15) is 0 Å². The Morgan fingerprint density at radius 1 is 1.30 bits per heavy atom. The summed E-state index contributed by atoms with van der Waals surface area (Å²) < 4.78 is 4.38. The fraction of sp³-hybridized carbons (Fsp3) is 0.143. The molecule has 0 amide bonds. The van der Waals surface area contributed by atoms with E-state index in [-0.39, 0.29) is 0 Å². The van der Waals surface area contributed by atoms with Crippen molar-refractivity contribution in [1.29, 1.82) is 0 Å². The molecule has 0 spiro atoms.